The second kappa shape index (κ2) is 4.03. The molecule has 0 aliphatic rings. The first-order valence-corrected chi connectivity index (χ1v) is 5.67. The average Bonchev–Trinajstić information content (AvgIpc) is 2.72. The number of aryl methyl sites for hydroxylation is 2. The largest absolute Gasteiger partial charge is 0.467 e. The van der Waals surface area contributed by atoms with Gasteiger partial charge in [0, 0.05) is 0 Å². The lowest BCUT2D eigenvalue weighted by Crippen LogP contribution is -2.32. The molecule has 14 heavy (non-hydrogen) atoms. The molecule has 0 radical (unpaired) electrons. The Bertz CT molecular complexity index is 374. The highest BCUT2D eigenvalue weighted by molar-refractivity contribution is 5.43. The molecule has 2 bridgehead atoms. The summed E-state index contributed by atoms with van der Waals surface area (Å²) in [5.41, 5.74) is 1.04. The smallest absolute Gasteiger partial charge is 0.350 e. The van der Waals surface area contributed by atoms with Crippen LogP contribution in [0.4, 0.5) is 0 Å². The molecule has 0 N–H and O–H groups in total. The van der Waals surface area contributed by atoms with Crippen LogP contribution in [0.25, 0.3) is 11.6 Å². The van der Waals surface area contributed by atoms with E-state index in [-0.39, 0.29) is 0 Å². The normalized spacial score (nSPS) is 11.9. The quantitative estimate of drug-likeness (QED) is 0.513. The molecule has 0 aliphatic carbocycles. The zero-order valence-electron chi connectivity index (χ0n) is 9.12. The number of hydrogen-bond acceptors (Lipinski definition) is 1. The summed E-state index contributed by atoms with van der Waals surface area (Å²) in [7, 11) is 0. The summed E-state index contributed by atoms with van der Waals surface area (Å²) >= 11 is 0. The average molecular weight is 195 g/mol. The van der Waals surface area contributed by atoms with Crippen LogP contribution < -0.4 is 4.57 Å². The van der Waals surface area contributed by atoms with Crippen molar-refractivity contribution in [1.29, 1.82) is 0 Å². The van der Waals surface area contributed by atoms with Crippen LogP contribution in [0.15, 0.2) is 10.6 Å². The van der Waals surface area contributed by atoms with E-state index in [1.807, 2.05) is 0 Å². The van der Waals surface area contributed by atoms with Gasteiger partial charge in [0.15, 0.2) is 6.20 Å². The van der Waals surface area contributed by atoms with Gasteiger partial charge < -0.3 is 4.42 Å². The maximum absolute atomic E-state index is 5.49. The molecule has 0 amide bonds. The summed E-state index contributed by atoms with van der Waals surface area (Å²) in [5, 5.41) is 0. The molecule has 0 saturated carbocycles. The Labute approximate surface area is 84.7 Å². The fourth-order valence-electron chi connectivity index (χ4n) is 1.88. The summed E-state index contributed by atoms with van der Waals surface area (Å²) < 4.78 is 9.98. The van der Waals surface area contributed by atoms with E-state index >= 15 is 0 Å². The monoisotopic (exact) mass is 195 g/mol. The van der Waals surface area contributed by atoms with E-state index in [0.29, 0.717) is 0 Å². The van der Waals surface area contributed by atoms with Crippen LogP contribution in [0.1, 0.15) is 39.5 Å². The van der Waals surface area contributed by atoms with Gasteiger partial charge >= 0.3 is 11.6 Å². The van der Waals surface area contributed by atoms with Crippen LogP contribution in [-0.4, -0.2) is 4.57 Å². The highest BCUT2D eigenvalue weighted by Gasteiger charge is 2.26. The topological polar surface area (TPSA) is 21.9 Å². The number of nitrogens with zero attached hydrogens (tertiary/aromatic N) is 2. The first kappa shape index (κ1) is 9.56. The van der Waals surface area contributed by atoms with Crippen molar-refractivity contribution < 1.29 is 8.98 Å². The standard InChI is InChI=1S/C11H19N2O/c1-3-5-6-8-12-9-10-13(7-4-2)11(12)14-10/h9H,3-8H2,1-2H3/q+1. The van der Waals surface area contributed by atoms with Crippen LogP contribution in [0, 0.1) is 0 Å². The number of hydrogen-bond donors (Lipinski definition) is 0. The molecule has 3 heteroatoms. The van der Waals surface area contributed by atoms with E-state index in [1.165, 1.54) is 25.7 Å². The molecular weight excluding hydrogens is 176 g/mol. The number of oxazole rings is 1. The van der Waals surface area contributed by atoms with Crippen LogP contribution in [0.3, 0.4) is 0 Å². The predicted octanol–water partition coefficient (Wildman–Crippen LogP) is 2.56. The van der Waals surface area contributed by atoms with E-state index in [0.717, 1.165) is 24.6 Å². The summed E-state index contributed by atoms with van der Waals surface area (Å²) in [6, 6.07) is 0. The second-order valence-electron chi connectivity index (χ2n) is 3.90. The number of fused-ring (bicyclic) bond motifs is 1. The molecule has 3 nitrogen and oxygen atoms in total. The van der Waals surface area contributed by atoms with Gasteiger partial charge in [-0.3, -0.25) is 0 Å². The van der Waals surface area contributed by atoms with Crippen LogP contribution in [0.2, 0.25) is 0 Å². The number of aromatic nitrogens is 2. The van der Waals surface area contributed by atoms with Crippen molar-refractivity contribution >= 4 is 11.6 Å². The maximum atomic E-state index is 5.49. The molecule has 3 aromatic heterocycles. The van der Waals surface area contributed by atoms with Gasteiger partial charge in [-0.2, -0.15) is 9.13 Å². The van der Waals surface area contributed by atoms with E-state index < -0.39 is 0 Å². The van der Waals surface area contributed by atoms with Gasteiger partial charge in [-0.1, -0.05) is 20.3 Å². The zero-order valence-corrected chi connectivity index (χ0v) is 9.12. The van der Waals surface area contributed by atoms with Crippen molar-refractivity contribution in [2.45, 2.75) is 52.6 Å². The molecule has 78 valence electrons. The molecule has 0 unspecified atom stereocenters. The minimum atomic E-state index is 1.04. The van der Waals surface area contributed by atoms with Gasteiger partial charge in [0.1, 0.15) is 0 Å². The third kappa shape index (κ3) is 1.51. The molecule has 3 aromatic rings. The third-order valence-corrected chi connectivity index (χ3v) is 2.65. The van der Waals surface area contributed by atoms with Gasteiger partial charge in [0.05, 0.1) is 13.1 Å². The van der Waals surface area contributed by atoms with Gasteiger partial charge in [-0.25, -0.2) is 0 Å². The minimum absolute atomic E-state index is 1.04. The number of rotatable bonds is 6. The van der Waals surface area contributed by atoms with Crippen LogP contribution in [-0.2, 0) is 13.1 Å². The van der Waals surface area contributed by atoms with Crippen molar-refractivity contribution in [3.8, 4) is 0 Å². The summed E-state index contributed by atoms with van der Waals surface area (Å²) in [4.78, 5) is 0. The zero-order chi connectivity index (χ0) is 9.97. The maximum Gasteiger partial charge on any atom is 0.467 e. The van der Waals surface area contributed by atoms with Gasteiger partial charge in [-0.15, -0.1) is 0 Å². The van der Waals surface area contributed by atoms with Crippen molar-refractivity contribution in [2.75, 3.05) is 0 Å². The Balaban J connectivity index is 1.97. The molecule has 0 saturated heterocycles. The summed E-state index contributed by atoms with van der Waals surface area (Å²) in [6.07, 6.45) is 7.14. The van der Waals surface area contributed by atoms with Crippen LogP contribution in [0.5, 0.6) is 0 Å². The van der Waals surface area contributed by atoms with Gasteiger partial charge in [-0.05, 0) is 19.3 Å². The fourth-order valence-corrected chi connectivity index (χ4v) is 1.88. The Hall–Kier alpha value is -0.990. The number of imidazole rings is 1. The molecule has 3 rings (SSSR count). The molecule has 0 aliphatic heterocycles. The van der Waals surface area contributed by atoms with E-state index in [4.69, 9.17) is 4.42 Å². The SMILES string of the molecule is CCCCC[n+]1cc2oc1n2CCC. The van der Waals surface area contributed by atoms with Crippen molar-refractivity contribution in [3.63, 3.8) is 0 Å². The van der Waals surface area contributed by atoms with E-state index in [9.17, 15) is 0 Å². The summed E-state index contributed by atoms with van der Waals surface area (Å²) in [5.74, 6) is 1.05. The lowest BCUT2D eigenvalue weighted by molar-refractivity contribution is -0.674. The molecule has 0 atom stereocenters. The van der Waals surface area contributed by atoms with Crippen molar-refractivity contribution in [2.24, 2.45) is 0 Å². The van der Waals surface area contributed by atoms with E-state index in [1.54, 1.807) is 0 Å². The van der Waals surface area contributed by atoms with Crippen molar-refractivity contribution in [1.82, 2.24) is 4.57 Å². The fraction of sp³-hybridized carbons (Fsp3) is 0.727. The molecule has 0 aromatic carbocycles. The van der Waals surface area contributed by atoms with Gasteiger partial charge in [0.2, 0.25) is 0 Å². The second-order valence-corrected chi connectivity index (χ2v) is 3.90. The lowest BCUT2D eigenvalue weighted by Gasteiger charge is -1.99. The summed E-state index contributed by atoms with van der Waals surface area (Å²) in [6.45, 7) is 6.62. The molecular formula is C11H19N2O+. The molecule has 0 spiro atoms. The molecule has 3 heterocycles. The Morgan fingerprint density at radius 1 is 1.29 bits per heavy atom. The predicted molar refractivity (Wildman–Crippen MR) is 55.4 cm³/mol. The Kier molecular flexibility index (Phi) is 2.75. The highest BCUT2D eigenvalue weighted by atomic mass is 16.4. The first-order chi connectivity index (χ1) is 6.86. The highest BCUT2D eigenvalue weighted by Crippen LogP contribution is 2.16. The van der Waals surface area contributed by atoms with Crippen molar-refractivity contribution in [3.05, 3.63) is 6.20 Å². The van der Waals surface area contributed by atoms with E-state index in [2.05, 4.69) is 29.2 Å². The number of unbranched alkanes of at least 4 members (excludes halogenated alkanes) is 2. The lowest BCUT2D eigenvalue weighted by atomic mass is 10.2. The Morgan fingerprint density at radius 3 is 2.86 bits per heavy atom. The van der Waals surface area contributed by atoms with Crippen LogP contribution >= 0.6 is 0 Å². The van der Waals surface area contributed by atoms with Gasteiger partial charge in [0.25, 0.3) is 0 Å². The molecule has 0 fully saturated rings. The Morgan fingerprint density at radius 2 is 2.14 bits per heavy atom. The minimum Gasteiger partial charge on any atom is -0.350 e. The third-order valence-electron chi connectivity index (χ3n) is 2.65. The first-order valence-electron chi connectivity index (χ1n) is 5.67.